The Balaban J connectivity index is 1.42. The van der Waals surface area contributed by atoms with Crippen LogP contribution in [-0.2, 0) is 0 Å². The molecule has 0 unspecified atom stereocenters. The molecule has 30 heavy (non-hydrogen) atoms. The van der Waals surface area contributed by atoms with Crippen molar-refractivity contribution in [2.45, 2.75) is 0 Å². The summed E-state index contributed by atoms with van der Waals surface area (Å²) in [7, 11) is 0. The molecule has 1 aliphatic rings. The van der Waals surface area contributed by atoms with Crippen molar-refractivity contribution < 1.29 is 8.78 Å². The molecule has 2 aromatic carbocycles. The first kappa shape index (κ1) is 18.7. The van der Waals surface area contributed by atoms with Crippen molar-refractivity contribution in [2.75, 3.05) is 36.0 Å². The first-order chi connectivity index (χ1) is 14.6. The summed E-state index contributed by atoms with van der Waals surface area (Å²) < 4.78 is 27.0. The quantitative estimate of drug-likeness (QED) is 0.534. The van der Waals surface area contributed by atoms with Crippen LogP contribution in [0.25, 0.3) is 21.3 Å². The van der Waals surface area contributed by atoms with Gasteiger partial charge in [-0.3, -0.25) is 9.78 Å². The summed E-state index contributed by atoms with van der Waals surface area (Å²) in [6.45, 7) is 2.84. The van der Waals surface area contributed by atoms with Crippen LogP contribution in [0.15, 0.2) is 58.7 Å². The number of nitrogens with one attached hydrogen (secondary N) is 1. The molecule has 0 amide bonds. The van der Waals surface area contributed by atoms with Crippen LogP contribution in [0.3, 0.4) is 0 Å². The summed E-state index contributed by atoms with van der Waals surface area (Å²) in [5, 5.41) is 1.89. The van der Waals surface area contributed by atoms with Crippen LogP contribution in [-0.4, -0.2) is 36.1 Å². The number of aromatic nitrogens is 2. The smallest absolute Gasteiger partial charge is 0.270 e. The van der Waals surface area contributed by atoms with Gasteiger partial charge < -0.3 is 9.80 Å². The van der Waals surface area contributed by atoms with Crippen LogP contribution in [0.2, 0.25) is 0 Å². The summed E-state index contributed by atoms with van der Waals surface area (Å²) in [5.74, 6) is -0.0167. The van der Waals surface area contributed by atoms with E-state index in [0.29, 0.717) is 29.3 Å². The van der Waals surface area contributed by atoms with Gasteiger partial charge in [-0.2, -0.15) is 0 Å². The molecule has 0 atom stereocenters. The zero-order valence-electron chi connectivity index (χ0n) is 15.9. The van der Waals surface area contributed by atoms with Crippen molar-refractivity contribution in [3.63, 3.8) is 0 Å². The van der Waals surface area contributed by atoms with Gasteiger partial charge in [-0.25, -0.2) is 13.8 Å². The second kappa shape index (κ2) is 7.53. The normalized spacial score (nSPS) is 14.5. The lowest BCUT2D eigenvalue weighted by atomic mass is 10.1. The number of anilines is 2. The predicted octanol–water partition coefficient (Wildman–Crippen LogP) is 4.26. The van der Waals surface area contributed by atoms with Gasteiger partial charge in [0, 0.05) is 42.8 Å². The van der Waals surface area contributed by atoms with Gasteiger partial charge in [-0.1, -0.05) is 12.1 Å². The molecule has 8 heteroatoms. The summed E-state index contributed by atoms with van der Waals surface area (Å²) >= 11 is 1.34. The number of thiophene rings is 1. The highest BCUT2D eigenvalue weighted by molar-refractivity contribution is 7.17. The van der Waals surface area contributed by atoms with Gasteiger partial charge >= 0.3 is 0 Å². The van der Waals surface area contributed by atoms with Crippen molar-refractivity contribution in [1.29, 1.82) is 0 Å². The molecule has 2 aromatic heterocycles. The van der Waals surface area contributed by atoms with E-state index in [1.807, 2.05) is 10.3 Å². The number of H-pyrrole nitrogens is 1. The first-order valence-electron chi connectivity index (χ1n) is 9.61. The Hall–Kier alpha value is -3.26. The van der Waals surface area contributed by atoms with Crippen molar-refractivity contribution >= 4 is 33.2 Å². The van der Waals surface area contributed by atoms with Crippen LogP contribution < -0.4 is 15.4 Å². The number of aromatic amines is 1. The zero-order chi connectivity index (χ0) is 20.7. The second-order valence-electron chi connectivity index (χ2n) is 7.17. The molecule has 0 saturated carbocycles. The molecule has 0 spiro atoms. The lowest BCUT2D eigenvalue weighted by Gasteiger charge is -2.36. The molecule has 0 aliphatic carbocycles. The summed E-state index contributed by atoms with van der Waals surface area (Å²) in [6.07, 6.45) is 0. The molecule has 5 rings (SSSR count). The minimum atomic E-state index is -0.302. The Kier molecular flexibility index (Phi) is 4.71. The van der Waals surface area contributed by atoms with Crippen LogP contribution in [0.1, 0.15) is 0 Å². The second-order valence-corrected chi connectivity index (χ2v) is 8.05. The SMILES string of the molecule is O=c1[nH]c(N2CCN(c3ccc(F)cc3)CC2)nc2c(-c3ccc(F)cc3)csc12. The molecule has 5 nitrogen and oxygen atoms in total. The topological polar surface area (TPSA) is 52.2 Å². The highest BCUT2D eigenvalue weighted by Gasteiger charge is 2.21. The number of rotatable bonds is 3. The first-order valence-corrected chi connectivity index (χ1v) is 10.5. The summed E-state index contributed by atoms with van der Waals surface area (Å²) in [5.41, 5.74) is 3.09. The number of fused-ring (bicyclic) bond motifs is 1. The van der Waals surface area contributed by atoms with Crippen molar-refractivity contribution in [3.8, 4) is 11.1 Å². The van der Waals surface area contributed by atoms with E-state index in [0.717, 1.165) is 29.9 Å². The predicted molar refractivity (Wildman–Crippen MR) is 116 cm³/mol. The van der Waals surface area contributed by atoms with Crippen LogP contribution in [0.5, 0.6) is 0 Å². The Morgan fingerprint density at radius 2 is 1.47 bits per heavy atom. The molecular formula is C22H18F2N4OS. The third-order valence-corrected chi connectivity index (χ3v) is 6.31. The monoisotopic (exact) mass is 424 g/mol. The third kappa shape index (κ3) is 3.43. The van der Waals surface area contributed by atoms with Gasteiger partial charge in [-0.15, -0.1) is 11.3 Å². The van der Waals surface area contributed by atoms with E-state index in [4.69, 9.17) is 4.98 Å². The van der Waals surface area contributed by atoms with Gasteiger partial charge in [0.2, 0.25) is 5.95 Å². The molecule has 4 aromatic rings. The van der Waals surface area contributed by atoms with Crippen LogP contribution in [0.4, 0.5) is 20.4 Å². The highest BCUT2D eigenvalue weighted by Crippen LogP contribution is 2.32. The van der Waals surface area contributed by atoms with E-state index in [1.165, 1.54) is 35.6 Å². The van der Waals surface area contributed by atoms with Gasteiger partial charge in [0.25, 0.3) is 5.56 Å². The molecule has 0 radical (unpaired) electrons. The van der Waals surface area contributed by atoms with Gasteiger partial charge in [0.1, 0.15) is 16.3 Å². The number of benzene rings is 2. The number of hydrogen-bond acceptors (Lipinski definition) is 5. The lowest BCUT2D eigenvalue weighted by molar-refractivity contribution is 0.623. The van der Waals surface area contributed by atoms with Crippen LogP contribution >= 0.6 is 11.3 Å². The Morgan fingerprint density at radius 1 is 0.867 bits per heavy atom. The van der Waals surface area contributed by atoms with E-state index in [9.17, 15) is 13.6 Å². The zero-order valence-corrected chi connectivity index (χ0v) is 16.8. The average molecular weight is 424 g/mol. The molecule has 0 bridgehead atoms. The molecule has 1 aliphatic heterocycles. The fraction of sp³-hybridized carbons (Fsp3) is 0.182. The van der Waals surface area contributed by atoms with E-state index in [1.54, 1.807) is 24.3 Å². The Labute approximate surface area is 175 Å². The van der Waals surface area contributed by atoms with Gasteiger partial charge in [-0.05, 0) is 42.0 Å². The fourth-order valence-electron chi connectivity index (χ4n) is 3.73. The minimum Gasteiger partial charge on any atom is -0.368 e. The van der Waals surface area contributed by atoms with E-state index in [2.05, 4.69) is 9.88 Å². The van der Waals surface area contributed by atoms with Crippen molar-refractivity contribution in [2.24, 2.45) is 0 Å². The number of halogens is 2. The number of piperazine rings is 1. The summed E-state index contributed by atoms with van der Waals surface area (Å²) in [4.78, 5) is 24.5. The molecule has 1 fully saturated rings. The number of hydrogen-bond donors (Lipinski definition) is 1. The molecule has 3 heterocycles. The van der Waals surface area contributed by atoms with Crippen LogP contribution in [0, 0.1) is 11.6 Å². The highest BCUT2D eigenvalue weighted by atomic mass is 32.1. The van der Waals surface area contributed by atoms with E-state index < -0.39 is 0 Å². The van der Waals surface area contributed by atoms with Gasteiger partial charge in [0.15, 0.2) is 0 Å². The molecule has 152 valence electrons. The van der Waals surface area contributed by atoms with Crippen molar-refractivity contribution in [3.05, 3.63) is 75.9 Å². The maximum atomic E-state index is 13.3. The maximum absolute atomic E-state index is 13.3. The largest absolute Gasteiger partial charge is 0.368 e. The van der Waals surface area contributed by atoms with E-state index >= 15 is 0 Å². The lowest BCUT2D eigenvalue weighted by Crippen LogP contribution is -2.47. The maximum Gasteiger partial charge on any atom is 0.270 e. The molecular weight excluding hydrogens is 406 g/mol. The standard InChI is InChI=1S/C22H18F2N4OS/c23-15-3-1-14(2-4-15)18-13-30-20-19(18)25-22(26-21(20)29)28-11-9-27(10-12-28)17-7-5-16(24)6-8-17/h1-8,13H,9-12H2,(H,25,26,29). The third-order valence-electron chi connectivity index (χ3n) is 5.34. The van der Waals surface area contributed by atoms with Gasteiger partial charge in [0.05, 0.1) is 5.52 Å². The Morgan fingerprint density at radius 3 is 2.13 bits per heavy atom. The molecule has 1 N–H and O–H groups in total. The molecule has 1 saturated heterocycles. The minimum absolute atomic E-state index is 0.172. The number of nitrogens with zero attached hydrogens (tertiary/aromatic N) is 3. The fourth-order valence-corrected chi connectivity index (χ4v) is 4.64. The van der Waals surface area contributed by atoms with Crippen molar-refractivity contribution in [1.82, 2.24) is 9.97 Å². The van der Waals surface area contributed by atoms with E-state index in [-0.39, 0.29) is 17.2 Å². The average Bonchev–Trinajstić information content (AvgIpc) is 3.20. The Bertz CT molecular complexity index is 1240. The summed E-state index contributed by atoms with van der Waals surface area (Å²) in [6, 6.07) is 12.7.